The maximum atomic E-state index is 13.4. The van der Waals surface area contributed by atoms with Crippen LogP contribution in [0.4, 0.5) is 0 Å². The molecular formula is C24H31NO4S2. The van der Waals surface area contributed by atoms with Crippen LogP contribution in [-0.4, -0.2) is 49.1 Å². The Bertz CT molecular complexity index is 924. The predicted molar refractivity (Wildman–Crippen MR) is 127 cm³/mol. The van der Waals surface area contributed by atoms with Crippen molar-refractivity contribution < 1.29 is 17.9 Å². The fourth-order valence-electron chi connectivity index (χ4n) is 3.81. The lowest BCUT2D eigenvalue weighted by molar-refractivity contribution is -0.109. The highest BCUT2D eigenvalue weighted by Crippen LogP contribution is 2.27. The number of piperidine rings is 1. The molecule has 2 aromatic carbocycles. The standard InChI is InChI=1S/C24H31NO4S2/c1-20(26)30-19-15-24(14-18-25-16-6-3-7-17-25)31(27,28)23-12-10-22(11-13-23)29-21-8-4-2-5-9-21/h2,4-5,8-13,24H,3,6-7,14-19H2,1H3. The lowest BCUT2D eigenvalue weighted by atomic mass is 10.1. The van der Waals surface area contributed by atoms with Crippen LogP contribution in [0.3, 0.4) is 0 Å². The lowest BCUT2D eigenvalue weighted by Crippen LogP contribution is -2.34. The minimum absolute atomic E-state index is 0.0228. The van der Waals surface area contributed by atoms with Gasteiger partial charge < -0.3 is 9.64 Å². The molecule has 1 heterocycles. The molecule has 0 amide bonds. The van der Waals surface area contributed by atoms with Crippen molar-refractivity contribution in [3.8, 4) is 11.5 Å². The molecule has 2 aromatic rings. The molecule has 1 aliphatic heterocycles. The molecule has 0 aliphatic carbocycles. The highest BCUT2D eigenvalue weighted by Gasteiger charge is 2.28. The van der Waals surface area contributed by atoms with Crippen molar-refractivity contribution in [2.45, 2.75) is 49.2 Å². The molecule has 0 aromatic heterocycles. The molecule has 1 aliphatic rings. The molecule has 168 valence electrons. The van der Waals surface area contributed by atoms with E-state index in [1.807, 2.05) is 30.3 Å². The predicted octanol–water partition coefficient (Wildman–Crippen LogP) is 5.17. The SMILES string of the molecule is CC(=O)SCCC(CCN1CCCCC1)S(=O)(=O)c1ccc(Oc2ccccc2)cc1. The van der Waals surface area contributed by atoms with E-state index in [4.69, 9.17) is 4.74 Å². The topological polar surface area (TPSA) is 63.7 Å². The van der Waals surface area contributed by atoms with E-state index in [0.717, 1.165) is 19.6 Å². The molecule has 31 heavy (non-hydrogen) atoms. The summed E-state index contributed by atoms with van der Waals surface area (Å²) >= 11 is 1.20. The number of nitrogens with zero attached hydrogens (tertiary/aromatic N) is 1. The summed E-state index contributed by atoms with van der Waals surface area (Å²) in [5.41, 5.74) is 0. The van der Waals surface area contributed by atoms with E-state index in [1.54, 1.807) is 24.3 Å². The van der Waals surface area contributed by atoms with Crippen LogP contribution in [0.25, 0.3) is 0 Å². The molecule has 5 nitrogen and oxygen atoms in total. The molecule has 3 rings (SSSR count). The molecule has 1 saturated heterocycles. The minimum atomic E-state index is -3.50. The van der Waals surface area contributed by atoms with Crippen LogP contribution in [-0.2, 0) is 14.6 Å². The van der Waals surface area contributed by atoms with Crippen molar-refractivity contribution in [1.82, 2.24) is 4.90 Å². The fourth-order valence-corrected chi connectivity index (χ4v) is 6.40. The minimum Gasteiger partial charge on any atom is -0.457 e. The smallest absolute Gasteiger partial charge is 0.185 e. The zero-order chi connectivity index (χ0) is 22.1. The first-order chi connectivity index (χ1) is 14.9. The molecule has 0 radical (unpaired) electrons. The molecule has 1 atom stereocenters. The summed E-state index contributed by atoms with van der Waals surface area (Å²) in [5, 5.41) is -0.475. The number of hydrogen-bond donors (Lipinski definition) is 0. The maximum absolute atomic E-state index is 13.4. The van der Waals surface area contributed by atoms with Gasteiger partial charge in [0, 0.05) is 12.7 Å². The van der Waals surface area contributed by atoms with Crippen molar-refractivity contribution in [2.24, 2.45) is 0 Å². The number of likely N-dealkylation sites (tertiary alicyclic amines) is 1. The van der Waals surface area contributed by atoms with Crippen molar-refractivity contribution in [3.63, 3.8) is 0 Å². The molecule has 1 fully saturated rings. The number of carbonyl (C=O) groups excluding carboxylic acids is 1. The maximum Gasteiger partial charge on any atom is 0.185 e. The van der Waals surface area contributed by atoms with Crippen molar-refractivity contribution >= 4 is 26.7 Å². The van der Waals surface area contributed by atoms with Gasteiger partial charge in [0.25, 0.3) is 0 Å². The average molecular weight is 462 g/mol. The van der Waals surface area contributed by atoms with E-state index in [1.165, 1.54) is 37.9 Å². The second-order valence-electron chi connectivity index (χ2n) is 7.87. The van der Waals surface area contributed by atoms with Crippen LogP contribution >= 0.6 is 11.8 Å². The molecule has 0 bridgehead atoms. The van der Waals surface area contributed by atoms with Crippen LogP contribution in [0.2, 0.25) is 0 Å². The summed E-state index contributed by atoms with van der Waals surface area (Å²) in [5.74, 6) is 1.83. The first kappa shape index (κ1) is 23.8. The number of thioether (sulfide) groups is 1. The number of para-hydroxylation sites is 1. The van der Waals surface area contributed by atoms with Gasteiger partial charge in [0.1, 0.15) is 11.5 Å². The van der Waals surface area contributed by atoms with Gasteiger partial charge in [-0.1, -0.05) is 36.4 Å². The van der Waals surface area contributed by atoms with E-state index in [-0.39, 0.29) is 5.12 Å². The molecule has 0 N–H and O–H groups in total. The first-order valence-electron chi connectivity index (χ1n) is 10.9. The van der Waals surface area contributed by atoms with Gasteiger partial charge in [0.05, 0.1) is 10.1 Å². The van der Waals surface area contributed by atoms with Gasteiger partial charge in [-0.05, 0) is 81.7 Å². The van der Waals surface area contributed by atoms with Crippen LogP contribution in [0, 0.1) is 0 Å². The number of hydrogen-bond acceptors (Lipinski definition) is 6. The Kier molecular flexibility index (Phi) is 8.99. The van der Waals surface area contributed by atoms with Gasteiger partial charge in [-0.2, -0.15) is 0 Å². The normalized spacial score (nSPS) is 16.0. The largest absolute Gasteiger partial charge is 0.457 e. The molecule has 1 unspecified atom stereocenters. The van der Waals surface area contributed by atoms with E-state index in [0.29, 0.717) is 35.0 Å². The van der Waals surface area contributed by atoms with Gasteiger partial charge in [-0.3, -0.25) is 4.79 Å². The summed E-state index contributed by atoms with van der Waals surface area (Å²) in [4.78, 5) is 14.0. The van der Waals surface area contributed by atoms with Gasteiger partial charge >= 0.3 is 0 Å². The molecule has 0 saturated carbocycles. The molecule has 7 heteroatoms. The lowest BCUT2D eigenvalue weighted by Gasteiger charge is -2.28. The van der Waals surface area contributed by atoms with Crippen molar-refractivity contribution in [1.29, 1.82) is 0 Å². The van der Waals surface area contributed by atoms with E-state index >= 15 is 0 Å². The van der Waals surface area contributed by atoms with Crippen LogP contribution in [0.1, 0.15) is 39.0 Å². The quantitative estimate of drug-likeness (QED) is 0.487. The van der Waals surface area contributed by atoms with Crippen LogP contribution in [0.5, 0.6) is 11.5 Å². The van der Waals surface area contributed by atoms with Crippen LogP contribution < -0.4 is 4.74 Å². The van der Waals surface area contributed by atoms with Gasteiger partial charge in [-0.25, -0.2) is 8.42 Å². The summed E-state index contributed by atoms with van der Waals surface area (Å²) in [6.07, 6.45) is 4.68. The van der Waals surface area contributed by atoms with E-state index in [9.17, 15) is 13.2 Å². The number of rotatable bonds is 10. The van der Waals surface area contributed by atoms with Gasteiger partial charge in [0.15, 0.2) is 15.0 Å². The third-order valence-corrected chi connectivity index (χ3v) is 8.66. The summed E-state index contributed by atoms with van der Waals surface area (Å²) < 4.78 is 32.6. The third kappa shape index (κ3) is 7.37. The fraction of sp³-hybridized carbons (Fsp3) is 0.458. The highest BCUT2D eigenvalue weighted by atomic mass is 32.2. The first-order valence-corrected chi connectivity index (χ1v) is 13.4. The van der Waals surface area contributed by atoms with E-state index < -0.39 is 15.1 Å². The number of ether oxygens (including phenoxy) is 1. The van der Waals surface area contributed by atoms with Crippen molar-refractivity contribution in [3.05, 3.63) is 54.6 Å². The summed E-state index contributed by atoms with van der Waals surface area (Å²) in [6, 6.07) is 16.1. The Morgan fingerprint density at radius 2 is 1.61 bits per heavy atom. The zero-order valence-electron chi connectivity index (χ0n) is 18.0. The van der Waals surface area contributed by atoms with Crippen molar-refractivity contribution in [2.75, 3.05) is 25.4 Å². The Labute approximate surface area is 190 Å². The Morgan fingerprint density at radius 3 is 2.26 bits per heavy atom. The summed E-state index contributed by atoms with van der Waals surface area (Å²) in [6.45, 7) is 4.39. The van der Waals surface area contributed by atoms with Gasteiger partial charge in [-0.15, -0.1) is 0 Å². The Balaban J connectivity index is 1.69. The zero-order valence-corrected chi connectivity index (χ0v) is 19.7. The summed E-state index contributed by atoms with van der Waals surface area (Å²) in [7, 11) is -3.50. The number of carbonyl (C=O) groups is 1. The second kappa shape index (κ2) is 11.7. The number of sulfone groups is 1. The number of benzene rings is 2. The second-order valence-corrected chi connectivity index (χ2v) is 11.4. The van der Waals surface area contributed by atoms with Crippen LogP contribution in [0.15, 0.2) is 59.5 Å². The van der Waals surface area contributed by atoms with E-state index in [2.05, 4.69) is 4.90 Å². The molecule has 0 spiro atoms. The monoisotopic (exact) mass is 461 g/mol. The molecular weight excluding hydrogens is 430 g/mol. The highest BCUT2D eigenvalue weighted by molar-refractivity contribution is 8.13. The average Bonchev–Trinajstić information content (AvgIpc) is 2.77. The Hall–Kier alpha value is -1.83. The third-order valence-electron chi connectivity index (χ3n) is 5.53. The Morgan fingerprint density at radius 1 is 0.968 bits per heavy atom. The van der Waals surface area contributed by atoms with Gasteiger partial charge in [0.2, 0.25) is 0 Å².